The molecule has 0 saturated carbocycles. The molecule has 1 aliphatic heterocycles. The summed E-state index contributed by atoms with van der Waals surface area (Å²) in [6.45, 7) is 7.47. The van der Waals surface area contributed by atoms with Crippen molar-refractivity contribution in [1.82, 2.24) is 14.5 Å². The maximum atomic E-state index is 12.3. The fourth-order valence-corrected chi connectivity index (χ4v) is 4.65. The third kappa shape index (κ3) is 3.95. The van der Waals surface area contributed by atoms with Gasteiger partial charge in [0.15, 0.2) is 5.75 Å². The molecule has 0 bridgehead atoms. The highest BCUT2D eigenvalue weighted by Crippen LogP contribution is 2.41. The second kappa shape index (κ2) is 8.52. The van der Waals surface area contributed by atoms with Crippen LogP contribution in [0.2, 0.25) is 0 Å². The molecular formula is C27H29N3O3. The van der Waals surface area contributed by atoms with Gasteiger partial charge in [-0.3, -0.25) is 4.79 Å². The summed E-state index contributed by atoms with van der Waals surface area (Å²) in [5, 5.41) is 0. The molecule has 4 aromatic rings. The van der Waals surface area contributed by atoms with E-state index in [9.17, 15) is 4.79 Å². The maximum Gasteiger partial charge on any atom is 0.253 e. The molecule has 0 amide bonds. The monoisotopic (exact) mass is 443 g/mol. The number of para-hydroxylation sites is 1. The predicted molar refractivity (Wildman–Crippen MR) is 130 cm³/mol. The Labute approximate surface area is 193 Å². The topological polar surface area (TPSA) is 69.1 Å². The largest absolute Gasteiger partial charge is 0.454 e. The van der Waals surface area contributed by atoms with Crippen molar-refractivity contribution in [3.05, 3.63) is 75.5 Å². The second-order valence-corrected chi connectivity index (χ2v) is 9.00. The van der Waals surface area contributed by atoms with Crippen molar-refractivity contribution >= 4 is 11.0 Å². The molecule has 0 aliphatic carbocycles. The van der Waals surface area contributed by atoms with Crippen LogP contribution in [0.15, 0.2) is 47.4 Å². The second-order valence-electron chi connectivity index (χ2n) is 9.00. The molecular weight excluding hydrogens is 414 g/mol. The van der Waals surface area contributed by atoms with Crippen molar-refractivity contribution in [3.8, 4) is 22.6 Å². The first-order chi connectivity index (χ1) is 15.9. The number of fused-ring (bicyclic) bond motifs is 1. The highest BCUT2D eigenvalue weighted by atomic mass is 16.5. The number of nitrogens with zero attached hydrogens (tertiary/aromatic N) is 2. The smallest absolute Gasteiger partial charge is 0.253 e. The lowest BCUT2D eigenvalue weighted by atomic mass is 10.00. The minimum atomic E-state index is -0.00128. The molecule has 1 fully saturated rings. The van der Waals surface area contributed by atoms with Gasteiger partial charge in [-0.05, 0) is 62.9 Å². The fourth-order valence-electron chi connectivity index (χ4n) is 4.65. The van der Waals surface area contributed by atoms with Crippen LogP contribution in [0.3, 0.4) is 0 Å². The van der Waals surface area contributed by atoms with Crippen LogP contribution in [0.4, 0.5) is 0 Å². The average Bonchev–Trinajstić information content (AvgIpc) is 3.25. The number of rotatable bonds is 4. The number of imidazole rings is 1. The lowest BCUT2D eigenvalue weighted by Crippen LogP contribution is -2.18. The summed E-state index contributed by atoms with van der Waals surface area (Å²) in [5.41, 5.74) is 6.41. The Hall–Kier alpha value is -3.38. The molecule has 2 aromatic carbocycles. The van der Waals surface area contributed by atoms with Gasteiger partial charge in [-0.25, -0.2) is 4.98 Å². The summed E-state index contributed by atoms with van der Waals surface area (Å²) in [6.07, 6.45) is 3.78. The van der Waals surface area contributed by atoms with Gasteiger partial charge in [0.25, 0.3) is 5.56 Å². The number of ether oxygens (including phenoxy) is 2. The van der Waals surface area contributed by atoms with Crippen molar-refractivity contribution in [2.45, 2.75) is 39.5 Å². The van der Waals surface area contributed by atoms with E-state index in [1.165, 1.54) is 0 Å². The van der Waals surface area contributed by atoms with Gasteiger partial charge in [0, 0.05) is 49.1 Å². The van der Waals surface area contributed by atoms with Crippen molar-refractivity contribution in [2.75, 3.05) is 13.2 Å². The molecule has 2 aromatic heterocycles. The highest BCUT2D eigenvalue weighted by molar-refractivity contribution is 5.91. The molecule has 6 heteroatoms. The van der Waals surface area contributed by atoms with Gasteiger partial charge in [0.1, 0.15) is 17.1 Å². The van der Waals surface area contributed by atoms with Crippen LogP contribution >= 0.6 is 0 Å². The van der Waals surface area contributed by atoms with Crippen LogP contribution in [-0.2, 0) is 11.8 Å². The van der Waals surface area contributed by atoms with Crippen molar-refractivity contribution in [1.29, 1.82) is 0 Å². The lowest BCUT2D eigenvalue weighted by Gasteiger charge is -2.19. The molecule has 1 N–H and O–H groups in total. The number of pyridine rings is 1. The Morgan fingerprint density at radius 2 is 1.76 bits per heavy atom. The van der Waals surface area contributed by atoms with Crippen LogP contribution < -0.4 is 10.3 Å². The molecule has 1 saturated heterocycles. The van der Waals surface area contributed by atoms with Gasteiger partial charge in [-0.15, -0.1) is 0 Å². The summed E-state index contributed by atoms with van der Waals surface area (Å²) >= 11 is 0. The molecule has 33 heavy (non-hydrogen) atoms. The first kappa shape index (κ1) is 21.5. The zero-order valence-corrected chi connectivity index (χ0v) is 19.6. The van der Waals surface area contributed by atoms with Gasteiger partial charge in [-0.2, -0.15) is 0 Å². The zero-order valence-electron chi connectivity index (χ0n) is 19.6. The molecule has 5 rings (SSSR count). The first-order valence-electron chi connectivity index (χ1n) is 11.4. The van der Waals surface area contributed by atoms with Gasteiger partial charge in [-0.1, -0.05) is 18.2 Å². The third-order valence-corrected chi connectivity index (χ3v) is 6.52. The van der Waals surface area contributed by atoms with Crippen molar-refractivity contribution < 1.29 is 9.47 Å². The van der Waals surface area contributed by atoms with Crippen molar-refractivity contribution in [3.63, 3.8) is 0 Å². The van der Waals surface area contributed by atoms with Gasteiger partial charge >= 0.3 is 0 Å². The number of benzene rings is 2. The molecule has 6 nitrogen and oxygen atoms in total. The molecule has 0 radical (unpaired) electrons. The number of aryl methyl sites for hydroxylation is 4. The fraction of sp³-hybridized carbons (Fsp3) is 0.333. The predicted octanol–water partition coefficient (Wildman–Crippen LogP) is 5.54. The number of nitrogens with one attached hydrogen (secondary N) is 1. The van der Waals surface area contributed by atoms with E-state index in [1.54, 1.807) is 11.6 Å². The van der Waals surface area contributed by atoms with Gasteiger partial charge in [0.2, 0.25) is 0 Å². The number of aromatic nitrogens is 3. The van der Waals surface area contributed by atoms with E-state index in [1.807, 2.05) is 25.3 Å². The summed E-state index contributed by atoms with van der Waals surface area (Å²) in [4.78, 5) is 20.9. The van der Waals surface area contributed by atoms with Crippen molar-refractivity contribution in [2.24, 2.45) is 7.05 Å². The zero-order chi connectivity index (χ0) is 23.1. The first-order valence-corrected chi connectivity index (χ1v) is 11.4. The van der Waals surface area contributed by atoms with E-state index < -0.39 is 0 Å². The van der Waals surface area contributed by atoms with E-state index >= 15 is 0 Å². The van der Waals surface area contributed by atoms with Crippen LogP contribution in [-0.4, -0.2) is 27.7 Å². The number of H-pyrrole nitrogens is 1. The minimum Gasteiger partial charge on any atom is -0.454 e. The van der Waals surface area contributed by atoms with Gasteiger partial charge in [0.05, 0.1) is 5.52 Å². The van der Waals surface area contributed by atoms with E-state index in [-0.39, 0.29) is 5.56 Å². The third-order valence-electron chi connectivity index (χ3n) is 6.52. The molecule has 0 unspecified atom stereocenters. The van der Waals surface area contributed by atoms with E-state index in [2.05, 4.69) is 43.1 Å². The Bertz CT molecular complexity index is 1350. The van der Waals surface area contributed by atoms with E-state index in [4.69, 9.17) is 14.5 Å². The average molecular weight is 444 g/mol. The van der Waals surface area contributed by atoms with Crippen LogP contribution in [0.5, 0.6) is 11.5 Å². The number of hydrogen-bond donors (Lipinski definition) is 1. The molecule has 3 heterocycles. The van der Waals surface area contributed by atoms with Crippen LogP contribution in [0.1, 0.15) is 41.3 Å². The highest BCUT2D eigenvalue weighted by Gasteiger charge is 2.23. The summed E-state index contributed by atoms with van der Waals surface area (Å²) < 4.78 is 13.8. The van der Waals surface area contributed by atoms with Crippen LogP contribution in [0, 0.1) is 20.8 Å². The van der Waals surface area contributed by atoms with Gasteiger partial charge < -0.3 is 19.0 Å². The normalized spacial score (nSPS) is 14.7. The molecule has 0 spiro atoms. The number of hydrogen-bond acceptors (Lipinski definition) is 4. The summed E-state index contributed by atoms with van der Waals surface area (Å²) in [5.74, 6) is 2.87. The lowest BCUT2D eigenvalue weighted by molar-refractivity contribution is 0.0838. The molecule has 170 valence electrons. The Morgan fingerprint density at radius 1 is 1.03 bits per heavy atom. The summed E-state index contributed by atoms with van der Waals surface area (Å²) in [7, 11) is 1.78. The Balaban J connectivity index is 1.72. The summed E-state index contributed by atoms with van der Waals surface area (Å²) in [6, 6.07) is 12.2. The minimum absolute atomic E-state index is 0.00128. The van der Waals surface area contributed by atoms with Crippen LogP contribution in [0.25, 0.3) is 22.2 Å². The quantitative estimate of drug-likeness (QED) is 0.450. The molecule has 1 aliphatic rings. The SMILES string of the molecule is Cc1cccc(C)c1Oc1c(-c2cc(C)c(=O)n(C)c2)ccc2[nH]c(C3CCOCC3)nc12. The maximum absolute atomic E-state index is 12.3. The van der Waals surface area contributed by atoms with E-state index in [0.717, 1.165) is 70.9 Å². The Morgan fingerprint density at radius 3 is 2.45 bits per heavy atom. The van der Waals surface area contributed by atoms with E-state index in [0.29, 0.717) is 17.2 Å². The Kier molecular flexibility index (Phi) is 5.54. The number of aromatic amines is 1. The standard InChI is InChI=1S/C27H29N3O3/c1-16-6-5-7-17(2)24(16)33-25-21(20-14-18(3)27(31)30(4)15-20)8-9-22-23(25)29-26(28-22)19-10-12-32-13-11-19/h5-9,14-15,19H,10-13H2,1-4H3,(H,28,29). The molecule has 0 atom stereocenters.